The van der Waals surface area contributed by atoms with Gasteiger partial charge in [0, 0.05) is 23.7 Å². The Morgan fingerprint density at radius 3 is 2.47 bits per heavy atom. The molecule has 4 rings (SSSR count). The number of ether oxygens (including phenoxy) is 2. The van der Waals surface area contributed by atoms with E-state index in [-0.39, 0.29) is 0 Å². The third-order valence-electron chi connectivity index (χ3n) is 4.43. The molecule has 0 radical (unpaired) electrons. The van der Waals surface area contributed by atoms with Crippen LogP contribution in [0.25, 0.3) is 0 Å². The number of rotatable bonds is 0. The molecule has 2 aliphatic heterocycles. The summed E-state index contributed by atoms with van der Waals surface area (Å²) in [4.78, 5) is 0. The number of benzene rings is 1. The van der Waals surface area contributed by atoms with Crippen LogP contribution in [0, 0.1) is 0 Å². The van der Waals surface area contributed by atoms with Crippen molar-refractivity contribution in [1.82, 2.24) is 0 Å². The van der Waals surface area contributed by atoms with Crippen molar-refractivity contribution >= 4 is 5.69 Å². The smallest absolute Gasteiger partial charge is 0.163 e. The fraction of sp³-hybridized carbons (Fsp3) is 0.571. The zero-order valence-corrected chi connectivity index (χ0v) is 9.92. The van der Waals surface area contributed by atoms with Crippen molar-refractivity contribution in [2.24, 2.45) is 0 Å². The number of anilines is 1. The first-order chi connectivity index (χ1) is 8.37. The van der Waals surface area contributed by atoms with Gasteiger partial charge in [0.1, 0.15) is 13.2 Å². The zero-order valence-electron chi connectivity index (χ0n) is 9.92. The fourth-order valence-electron chi connectivity index (χ4n) is 3.53. The molecule has 0 unspecified atom stereocenters. The number of nitrogens with one attached hydrogen (secondary N) is 1. The minimum atomic E-state index is 0.380. The molecule has 3 heteroatoms. The summed E-state index contributed by atoms with van der Waals surface area (Å²) >= 11 is 0. The zero-order chi connectivity index (χ0) is 11.3. The predicted octanol–water partition coefficient (Wildman–Crippen LogP) is 2.70. The molecule has 1 spiro atoms. The summed E-state index contributed by atoms with van der Waals surface area (Å²) in [5.41, 5.74) is 3.10. The van der Waals surface area contributed by atoms with Gasteiger partial charge in [-0.15, -0.1) is 0 Å². The Labute approximate surface area is 101 Å². The SMILES string of the molecule is c1c2c(cc3c1OCCO3)C1(CCCC1)CN2. The molecule has 3 nitrogen and oxygen atoms in total. The highest BCUT2D eigenvalue weighted by Crippen LogP contribution is 2.51. The Balaban J connectivity index is 1.83. The molecule has 1 N–H and O–H groups in total. The summed E-state index contributed by atoms with van der Waals surface area (Å²) in [6, 6.07) is 4.34. The second-order valence-corrected chi connectivity index (χ2v) is 5.38. The molecule has 0 bridgehead atoms. The van der Waals surface area contributed by atoms with Crippen LogP contribution in [0.4, 0.5) is 5.69 Å². The number of hydrogen-bond donors (Lipinski definition) is 1. The van der Waals surface area contributed by atoms with E-state index in [0.717, 1.165) is 18.0 Å². The van der Waals surface area contributed by atoms with E-state index >= 15 is 0 Å². The molecule has 3 aliphatic rings. The molecule has 1 aromatic rings. The summed E-state index contributed by atoms with van der Waals surface area (Å²) in [7, 11) is 0. The standard InChI is InChI=1S/C14H17NO2/c1-2-4-14(3-1)9-15-11-8-13-12(7-10(11)14)16-5-6-17-13/h7-8,15H,1-6,9H2. The molecule has 0 saturated heterocycles. The summed E-state index contributed by atoms with van der Waals surface area (Å²) in [6.07, 6.45) is 5.34. The molecule has 1 saturated carbocycles. The van der Waals surface area contributed by atoms with E-state index in [9.17, 15) is 0 Å². The molecular formula is C14H17NO2. The average Bonchev–Trinajstić information content (AvgIpc) is 2.97. The first kappa shape index (κ1) is 9.63. The largest absolute Gasteiger partial charge is 0.486 e. The van der Waals surface area contributed by atoms with E-state index in [2.05, 4.69) is 17.4 Å². The predicted molar refractivity (Wildman–Crippen MR) is 66.1 cm³/mol. The van der Waals surface area contributed by atoms with E-state index in [0.29, 0.717) is 18.6 Å². The Morgan fingerprint density at radius 1 is 1.00 bits per heavy atom. The van der Waals surface area contributed by atoms with Crippen molar-refractivity contribution in [2.75, 3.05) is 25.1 Å². The van der Waals surface area contributed by atoms with Crippen molar-refractivity contribution in [3.63, 3.8) is 0 Å². The number of hydrogen-bond acceptors (Lipinski definition) is 3. The first-order valence-electron chi connectivity index (χ1n) is 6.55. The second-order valence-electron chi connectivity index (χ2n) is 5.38. The van der Waals surface area contributed by atoms with Crippen LogP contribution in [0.3, 0.4) is 0 Å². The molecule has 1 fully saturated rings. The lowest BCUT2D eigenvalue weighted by atomic mass is 9.81. The van der Waals surface area contributed by atoms with Gasteiger partial charge in [-0.1, -0.05) is 12.8 Å². The minimum Gasteiger partial charge on any atom is -0.486 e. The number of fused-ring (bicyclic) bond motifs is 3. The van der Waals surface area contributed by atoms with Gasteiger partial charge >= 0.3 is 0 Å². The second kappa shape index (κ2) is 3.31. The maximum absolute atomic E-state index is 5.70. The van der Waals surface area contributed by atoms with E-state index in [4.69, 9.17) is 9.47 Å². The first-order valence-corrected chi connectivity index (χ1v) is 6.55. The van der Waals surface area contributed by atoms with Crippen molar-refractivity contribution < 1.29 is 9.47 Å². The Bertz CT molecular complexity index is 464. The quantitative estimate of drug-likeness (QED) is 0.744. The Hall–Kier alpha value is -1.38. The van der Waals surface area contributed by atoms with Gasteiger partial charge < -0.3 is 14.8 Å². The van der Waals surface area contributed by atoms with Crippen molar-refractivity contribution in [2.45, 2.75) is 31.1 Å². The Kier molecular flexibility index (Phi) is 1.88. The van der Waals surface area contributed by atoms with Crippen LogP contribution >= 0.6 is 0 Å². The summed E-state index contributed by atoms with van der Waals surface area (Å²) in [6.45, 7) is 2.42. The molecule has 90 valence electrons. The topological polar surface area (TPSA) is 30.5 Å². The van der Waals surface area contributed by atoms with Gasteiger partial charge in [-0.3, -0.25) is 0 Å². The van der Waals surface area contributed by atoms with Crippen LogP contribution in [0.2, 0.25) is 0 Å². The van der Waals surface area contributed by atoms with Crippen LogP contribution in [-0.2, 0) is 5.41 Å². The highest BCUT2D eigenvalue weighted by molar-refractivity contribution is 5.67. The van der Waals surface area contributed by atoms with Crippen LogP contribution in [0.1, 0.15) is 31.2 Å². The molecular weight excluding hydrogens is 214 g/mol. The van der Waals surface area contributed by atoms with E-state index < -0.39 is 0 Å². The molecule has 0 atom stereocenters. The van der Waals surface area contributed by atoms with Crippen molar-refractivity contribution in [1.29, 1.82) is 0 Å². The average molecular weight is 231 g/mol. The lowest BCUT2D eigenvalue weighted by Crippen LogP contribution is -2.24. The van der Waals surface area contributed by atoms with Crippen LogP contribution in [-0.4, -0.2) is 19.8 Å². The summed E-state index contributed by atoms with van der Waals surface area (Å²) in [5.74, 6) is 1.84. The van der Waals surface area contributed by atoms with Gasteiger partial charge in [0.15, 0.2) is 11.5 Å². The molecule has 0 amide bonds. The lowest BCUT2D eigenvalue weighted by molar-refractivity contribution is 0.171. The van der Waals surface area contributed by atoms with Crippen molar-refractivity contribution in [3.8, 4) is 11.5 Å². The van der Waals surface area contributed by atoms with Crippen LogP contribution in [0.5, 0.6) is 11.5 Å². The fourth-order valence-corrected chi connectivity index (χ4v) is 3.53. The van der Waals surface area contributed by atoms with Gasteiger partial charge in [0.05, 0.1) is 0 Å². The Morgan fingerprint density at radius 2 is 1.71 bits per heavy atom. The minimum absolute atomic E-state index is 0.380. The molecule has 1 aromatic carbocycles. The van der Waals surface area contributed by atoms with Gasteiger partial charge in [0.25, 0.3) is 0 Å². The maximum atomic E-state index is 5.70. The lowest BCUT2D eigenvalue weighted by Gasteiger charge is -2.25. The normalized spacial score (nSPS) is 23.5. The third kappa shape index (κ3) is 1.28. The third-order valence-corrected chi connectivity index (χ3v) is 4.43. The van der Waals surface area contributed by atoms with Crippen molar-refractivity contribution in [3.05, 3.63) is 17.7 Å². The monoisotopic (exact) mass is 231 g/mol. The van der Waals surface area contributed by atoms with Gasteiger partial charge in [-0.05, 0) is 24.5 Å². The molecule has 0 aromatic heterocycles. The maximum Gasteiger partial charge on any atom is 0.163 e. The van der Waals surface area contributed by atoms with E-state index in [1.54, 1.807) is 0 Å². The summed E-state index contributed by atoms with van der Waals surface area (Å²) in [5, 5.41) is 3.55. The molecule has 1 aliphatic carbocycles. The van der Waals surface area contributed by atoms with Gasteiger partial charge in [-0.25, -0.2) is 0 Å². The van der Waals surface area contributed by atoms with Crippen LogP contribution in [0.15, 0.2) is 12.1 Å². The summed E-state index contributed by atoms with van der Waals surface area (Å²) < 4.78 is 11.3. The highest BCUT2D eigenvalue weighted by atomic mass is 16.6. The van der Waals surface area contributed by atoms with E-state index in [1.807, 2.05) is 0 Å². The van der Waals surface area contributed by atoms with Gasteiger partial charge in [-0.2, -0.15) is 0 Å². The molecule has 2 heterocycles. The molecule has 17 heavy (non-hydrogen) atoms. The highest BCUT2D eigenvalue weighted by Gasteiger charge is 2.42. The van der Waals surface area contributed by atoms with Crippen LogP contribution < -0.4 is 14.8 Å². The van der Waals surface area contributed by atoms with E-state index in [1.165, 1.54) is 36.9 Å². The van der Waals surface area contributed by atoms with Gasteiger partial charge in [0.2, 0.25) is 0 Å².